The van der Waals surface area contributed by atoms with Gasteiger partial charge >= 0.3 is 6.03 Å². The lowest BCUT2D eigenvalue weighted by atomic mass is 9.84. The first-order valence-corrected chi connectivity index (χ1v) is 6.26. The zero-order valence-corrected chi connectivity index (χ0v) is 10.6. The molecule has 4 nitrogen and oxygen atoms in total. The number of carbonyl (C=O) groups is 1. The van der Waals surface area contributed by atoms with Crippen molar-refractivity contribution in [3.63, 3.8) is 0 Å². The van der Waals surface area contributed by atoms with Crippen LogP contribution in [0.4, 0.5) is 4.79 Å². The lowest BCUT2D eigenvalue weighted by molar-refractivity contribution is 0.0464. The summed E-state index contributed by atoms with van der Waals surface area (Å²) in [6.45, 7) is 3.09. The van der Waals surface area contributed by atoms with E-state index in [1.807, 2.05) is 19.0 Å². The Morgan fingerprint density at radius 3 is 2.69 bits per heavy atom. The smallest absolute Gasteiger partial charge is 0.319 e. The van der Waals surface area contributed by atoms with Gasteiger partial charge in [0.2, 0.25) is 0 Å². The average Bonchev–Trinajstić information content (AvgIpc) is 2.28. The fourth-order valence-electron chi connectivity index (χ4n) is 3.11. The Labute approximate surface area is 98.2 Å². The van der Waals surface area contributed by atoms with Crippen LogP contribution in [0.15, 0.2) is 0 Å². The summed E-state index contributed by atoms with van der Waals surface area (Å²) in [5.41, 5.74) is 0. The monoisotopic (exact) mass is 225 g/mol. The van der Waals surface area contributed by atoms with Gasteiger partial charge in [-0.25, -0.2) is 4.79 Å². The summed E-state index contributed by atoms with van der Waals surface area (Å²) >= 11 is 0. The van der Waals surface area contributed by atoms with E-state index in [2.05, 4.69) is 11.9 Å². The zero-order valence-electron chi connectivity index (χ0n) is 10.6. The van der Waals surface area contributed by atoms with Gasteiger partial charge in [0, 0.05) is 33.2 Å². The Morgan fingerprint density at radius 1 is 1.25 bits per heavy atom. The maximum absolute atomic E-state index is 11.9. The van der Waals surface area contributed by atoms with Crippen LogP contribution in [0.3, 0.4) is 0 Å². The van der Waals surface area contributed by atoms with E-state index in [0.29, 0.717) is 12.0 Å². The Hall–Kier alpha value is -0.770. The van der Waals surface area contributed by atoms with Gasteiger partial charge in [-0.3, -0.25) is 0 Å². The minimum atomic E-state index is 0.173. The third-order valence-electron chi connectivity index (χ3n) is 4.00. The first kappa shape index (κ1) is 11.7. The third kappa shape index (κ3) is 2.17. The highest BCUT2D eigenvalue weighted by Crippen LogP contribution is 2.29. The molecule has 0 aliphatic carbocycles. The van der Waals surface area contributed by atoms with Crippen molar-refractivity contribution in [3.8, 4) is 0 Å². The topological polar surface area (TPSA) is 26.8 Å². The predicted octanol–water partition coefficient (Wildman–Crippen LogP) is 1.08. The summed E-state index contributed by atoms with van der Waals surface area (Å²) in [6, 6.07) is 0.881. The predicted molar refractivity (Wildman–Crippen MR) is 64.4 cm³/mol. The molecule has 2 rings (SSSR count). The molecule has 2 heterocycles. The van der Waals surface area contributed by atoms with Crippen molar-refractivity contribution in [2.24, 2.45) is 5.92 Å². The molecule has 0 radical (unpaired) electrons. The number of hydrogen-bond acceptors (Lipinski definition) is 2. The normalized spacial score (nSPS) is 31.1. The van der Waals surface area contributed by atoms with Gasteiger partial charge in [0.1, 0.15) is 0 Å². The van der Waals surface area contributed by atoms with Gasteiger partial charge in [-0.15, -0.1) is 0 Å². The second-order valence-corrected chi connectivity index (χ2v) is 5.36. The molecule has 2 unspecified atom stereocenters. The lowest BCUT2D eigenvalue weighted by Crippen LogP contribution is -2.55. The van der Waals surface area contributed by atoms with E-state index < -0.39 is 0 Å². The van der Waals surface area contributed by atoms with Gasteiger partial charge in [0.25, 0.3) is 0 Å². The van der Waals surface area contributed by atoms with Crippen LogP contribution in [0, 0.1) is 5.92 Å². The molecule has 0 saturated carbocycles. The van der Waals surface area contributed by atoms with Crippen molar-refractivity contribution in [2.75, 3.05) is 40.8 Å². The quantitative estimate of drug-likeness (QED) is 0.617. The van der Waals surface area contributed by atoms with Crippen LogP contribution in [0.5, 0.6) is 0 Å². The molecule has 16 heavy (non-hydrogen) atoms. The molecule has 92 valence electrons. The number of fused-ring (bicyclic) bond motifs is 1. The van der Waals surface area contributed by atoms with Crippen molar-refractivity contribution in [3.05, 3.63) is 0 Å². The molecule has 0 bridgehead atoms. The number of rotatable bonds is 0. The summed E-state index contributed by atoms with van der Waals surface area (Å²) in [5, 5.41) is 0. The highest BCUT2D eigenvalue weighted by atomic mass is 16.2. The standard InChI is InChI=1S/C12H23N3O/c1-13(2)12(16)15-8-6-11-10(9-15)5-4-7-14(11)3/h10-11H,4-9H2,1-3H3. The summed E-state index contributed by atoms with van der Waals surface area (Å²) < 4.78 is 0. The fourth-order valence-corrected chi connectivity index (χ4v) is 3.11. The molecule has 0 spiro atoms. The maximum atomic E-state index is 11.9. The highest BCUT2D eigenvalue weighted by Gasteiger charge is 2.35. The zero-order chi connectivity index (χ0) is 11.7. The maximum Gasteiger partial charge on any atom is 0.319 e. The van der Waals surface area contributed by atoms with Gasteiger partial charge in [-0.1, -0.05) is 0 Å². The number of amides is 2. The van der Waals surface area contributed by atoms with E-state index in [1.54, 1.807) is 4.90 Å². The van der Waals surface area contributed by atoms with E-state index in [1.165, 1.54) is 19.4 Å². The van der Waals surface area contributed by atoms with Gasteiger partial charge in [-0.05, 0) is 38.8 Å². The fraction of sp³-hybridized carbons (Fsp3) is 0.917. The number of likely N-dealkylation sites (tertiary alicyclic amines) is 2. The molecule has 2 fully saturated rings. The molecule has 2 aliphatic rings. The molecule has 2 atom stereocenters. The van der Waals surface area contributed by atoms with Crippen molar-refractivity contribution in [2.45, 2.75) is 25.3 Å². The summed E-state index contributed by atoms with van der Waals surface area (Å²) in [6.07, 6.45) is 3.70. The molecule has 0 aromatic heterocycles. The van der Waals surface area contributed by atoms with E-state index in [4.69, 9.17) is 0 Å². The molecule has 4 heteroatoms. The molecule has 2 aliphatic heterocycles. The third-order valence-corrected chi connectivity index (χ3v) is 4.00. The van der Waals surface area contributed by atoms with Crippen LogP contribution in [-0.4, -0.2) is 67.5 Å². The van der Waals surface area contributed by atoms with Crippen LogP contribution < -0.4 is 0 Å². The van der Waals surface area contributed by atoms with Crippen molar-refractivity contribution >= 4 is 6.03 Å². The molecular weight excluding hydrogens is 202 g/mol. The molecular formula is C12H23N3O. The van der Waals surface area contributed by atoms with Gasteiger partial charge in [0.15, 0.2) is 0 Å². The number of hydrogen-bond donors (Lipinski definition) is 0. The Kier molecular flexibility index (Phi) is 3.38. The van der Waals surface area contributed by atoms with Crippen LogP contribution in [0.1, 0.15) is 19.3 Å². The first-order valence-electron chi connectivity index (χ1n) is 6.26. The van der Waals surface area contributed by atoms with E-state index >= 15 is 0 Å². The highest BCUT2D eigenvalue weighted by molar-refractivity contribution is 5.73. The van der Waals surface area contributed by atoms with Gasteiger partial charge in [0.05, 0.1) is 0 Å². The Morgan fingerprint density at radius 2 is 2.00 bits per heavy atom. The second-order valence-electron chi connectivity index (χ2n) is 5.36. The van der Waals surface area contributed by atoms with Crippen LogP contribution in [0.2, 0.25) is 0 Å². The number of nitrogens with zero attached hydrogens (tertiary/aromatic N) is 3. The lowest BCUT2D eigenvalue weighted by Gasteiger charge is -2.46. The van der Waals surface area contributed by atoms with Crippen molar-refractivity contribution in [1.29, 1.82) is 0 Å². The van der Waals surface area contributed by atoms with E-state index in [0.717, 1.165) is 19.5 Å². The van der Waals surface area contributed by atoms with Crippen molar-refractivity contribution < 1.29 is 4.79 Å². The van der Waals surface area contributed by atoms with Crippen molar-refractivity contribution in [1.82, 2.24) is 14.7 Å². The summed E-state index contributed by atoms with van der Waals surface area (Å²) in [5.74, 6) is 0.691. The van der Waals surface area contributed by atoms with E-state index in [9.17, 15) is 4.79 Å². The van der Waals surface area contributed by atoms with Crippen LogP contribution in [0.25, 0.3) is 0 Å². The van der Waals surface area contributed by atoms with Gasteiger partial charge in [-0.2, -0.15) is 0 Å². The Bertz CT molecular complexity index is 267. The molecule has 0 aromatic carbocycles. The van der Waals surface area contributed by atoms with Crippen LogP contribution >= 0.6 is 0 Å². The molecule has 2 amide bonds. The summed E-state index contributed by atoms with van der Waals surface area (Å²) in [4.78, 5) is 18.1. The summed E-state index contributed by atoms with van der Waals surface area (Å²) in [7, 11) is 5.89. The largest absolute Gasteiger partial charge is 0.331 e. The first-order chi connectivity index (χ1) is 7.59. The molecule has 0 N–H and O–H groups in total. The minimum absolute atomic E-state index is 0.173. The number of piperidine rings is 2. The van der Waals surface area contributed by atoms with Crippen LogP contribution in [-0.2, 0) is 0 Å². The molecule has 0 aromatic rings. The molecule has 2 saturated heterocycles. The SMILES string of the molecule is CN(C)C(=O)N1CCC2C(CCCN2C)C1. The van der Waals surface area contributed by atoms with E-state index in [-0.39, 0.29) is 6.03 Å². The average molecular weight is 225 g/mol. The number of urea groups is 1. The second kappa shape index (κ2) is 4.62. The van der Waals surface area contributed by atoms with Gasteiger partial charge < -0.3 is 14.7 Å². The number of carbonyl (C=O) groups excluding carboxylic acids is 1. The minimum Gasteiger partial charge on any atom is -0.331 e. The Balaban J connectivity index is 1.97.